The molecule has 2 rings (SSSR count). The molecule has 0 aliphatic carbocycles. The van der Waals surface area contributed by atoms with E-state index >= 15 is 0 Å². The Kier molecular flexibility index (Phi) is 5.26. The summed E-state index contributed by atoms with van der Waals surface area (Å²) >= 11 is 3.13. The lowest BCUT2D eigenvalue weighted by molar-refractivity contribution is 0.617. The van der Waals surface area contributed by atoms with Crippen LogP contribution in [0.2, 0.25) is 0 Å². The van der Waals surface area contributed by atoms with E-state index in [1.165, 1.54) is 12.4 Å². The minimum atomic E-state index is -0.281. The van der Waals surface area contributed by atoms with Gasteiger partial charge in [0.15, 0.2) is 5.96 Å². The number of guanidine groups is 1. The Labute approximate surface area is 130 Å². The molecule has 21 heavy (non-hydrogen) atoms. The number of benzene rings is 1. The molecular weight excluding hydrogens is 339 g/mol. The van der Waals surface area contributed by atoms with Crippen molar-refractivity contribution in [3.8, 4) is 0 Å². The third-order valence-corrected chi connectivity index (χ3v) is 3.53. The van der Waals surface area contributed by atoms with Gasteiger partial charge in [-0.15, -0.1) is 0 Å². The van der Waals surface area contributed by atoms with E-state index in [0.29, 0.717) is 23.5 Å². The Morgan fingerprint density at radius 3 is 2.76 bits per heavy atom. The summed E-state index contributed by atoms with van der Waals surface area (Å²) in [5.74, 6) is 1.13. The van der Waals surface area contributed by atoms with Gasteiger partial charge in [-0.05, 0) is 33.6 Å². The highest BCUT2D eigenvalue weighted by Gasteiger charge is 2.04. The molecule has 0 saturated heterocycles. The molecule has 0 amide bonds. The number of aliphatic imine (C=N–C) groups is 1. The van der Waals surface area contributed by atoms with Crippen LogP contribution in [0.15, 0.2) is 34.0 Å². The molecule has 0 aliphatic rings. The van der Waals surface area contributed by atoms with E-state index < -0.39 is 0 Å². The molecule has 0 saturated carbocycles. The van der Waals surface area contributed by atoms with Crippen LogP contribution in [-0.4, -0.2) is 27.8 Å². The van der Waals surface area contributed by atoms with E-state index in [2.05, 4.69) is 41.6 Å². The quantitative estimate of drug-likeness (QED) is 0.646. The summed E-state index contributed by atoms with van der Waals surface area (Å²) in [6.45, 7) is 0.980. The zero-order valence-electron chi connectivity index (χ0n) is 11.8. The van der Waals surface area contributed by atoms with Crippen LogP contribution in [0, 0.1) is 5.82 Å². The Morgan fingerprint density at radius 1 is 1.38 bits per heavy atom. The van der Waals surface area contributed by atoms with Gasteiger partial charge in [-0.25, -0.2) is 9.37 Å². The third-order valence-electron chi connectivity index (χ3n) is 2.89. The predicted octanol–water partition coefficient (Wildman–Crippen LogP) is 1.58. The van der Waals surface area contributed by atoms with Crippen molar-refractivity contribution < 1.29 is 4.39 Å². The number of halogens is 2. The average Bonchev–Trinajstić information content (AvgIpc) is 2.88. The van der Waals surface area contributed by atoms with Crippen LogP contribution >= 0.6 is 15.9 Å². The van der Waals surface area contributed by atoms with E-state index in [1.807, 2.05) is 13.1 Å². The fourth-order valence-electron chi connectivity index (χ4n) is 1.70. The van der Waals surface area contributed by atoms with Crippen molar-refractivity contribution in [3.05, 3.63) is 46.2 Å². The molecule has 0 unspecified atom stereocenters. The summed E-state index contributed by atoms with van der Waals surface area (Å²) < 4.78 is 15.6. The second kappa shape index (κ2) is 7.16. The van der Waals surface area contributed by atoms with Crippen molar-refractivity contribution in [2.24, 2.45) is 12.0 Å². The molecule has 1 aromatic carbocycles. The molecule has 0 atom stereocenters. The van der Waals surface area contributed by atoms with Crippen LogP contribution in [-0.2, 0) is 20.1 Å². The van der Waals surface area contributed by atoms with Gasteiger partial charge in [0.05, 0.1) is 11.0 Å². The van der Waals surface area contributed by atoms with Crippen molar-refractivity contribution in [1.29, 1.82) is 0 Å². The van der Waals surface area contributed by atoms with Gasteiger partial charge in [-0.1, -0.05) is 6.07 Å². The first kappa shape index (κ1) is 15.4. The molecule has 2 N–H and O–H groups in total. The normalized spacial score (nSPS) is 11.5. The van der Waals surface area contributed by atoms with Gasteiger partial charge in [0.2, 0.25) is 0 Å². The highest BCUT2D eigenvalue weighted by molar-refractivity contribution is 9.10. The minimum Gasteiger partial charge on any atom is -0.352 e. The fourth-order valence-corrected chi connectivity index (χ4v) is 1.95. The number of hydrogen-bond acceptors (Lipinski definition) is 3. The number of aryl methyl sites for hydroxylation is 1. The van der Waals surface area contributed by atoms with Gasteiger partial charge < -0.3 is 10.6 Å². The lowest BCUT2D eigenvalue weighted by Gasteiger charge is -2.11. The smallest absolute Gasteiger partial charge is 0.191 e. The molecule has 0 spiro atoms. The predicted molar refractivity (Wildman–Crippen MR) is 82.1 cm³/mol. The van der Waals surface area contributed by atoms with E-state index in [1.54, 1.807) is 17.8 Å². The molecular formula is C13H16BrFN6. The molecule has 112 valence electrons. The Balaban J connectivity index is 1.88. The molecule has 0 fully saturated rings. The lowest BCUT2D eigenvalue weighted by Crippen LogP contribution is -2.36. The first-order valence-electron chi connectivity index (χ1n) is 6.31. The molecule has 8 heteroatoms. The molecule has 1 aromatic heterocycles. The van der Waals surface area contributed by atoms with E-state index in [4.69, 9.17) is 0 Å². The van der Waals surface area contributed by atoms with Gasteiger partial charge in [0.1, 0.15) is 18.0 Å². The Hall–Kier alpha value is -1.96. The molecule has 2 aromatic rings. The van der Waals surface area contributed by atoms with Crippen LogP contribution < -0.4 is 10.6 Å². The molecule has 1 heterocycles. The highest BCUT2D eigenvalue weighted by atomic mass is 79.9. The van der Waals surface area contributed by atoms with Gasteiger partial charge in [0, 0.05) is 20.6 Å². The highest BCUT2D eigenvalue weighted by Crippen LogP contribution is 2.16. The average molecular weight is 355 g/mol. The fraction of sp³-hybridized carbons (Fsp3) is 0.308. The van der Waals surface area contributed by atoms with Crippen LogP contribution in [0.3, 0.4) is 0 Å². The van der Waals surface area contributed by atoms with Crippen LogP contribution in [0.1, 0.15) is 11.4 Å². The van der Waals surface area contributed by atoms with Gasteiger partial charge in [-0.2, -0.15) is 5.10 Å². The van der Waals surface area contributed by atoms with Crippen molar-refractivity contribution in [2.45, 2.75) is 13.1 Å². The number of nitrogens with one attached hydrogen (secondary N) is 2. The van der Waals surface area contributed by atoms with Crippen molar-refractivity contribution in [1.82, 2.24) is 25.4 Å². The van der Waals surface area contributed by atoms with Gasteiger partial charge in [-0.3, -0.25) is 9.67 Å². The summed E-state index contributed by atoms with van der Waals surface area (Å²) in [6.07, 6.45) is 1.50. The zero-order chi connectivity index (χ0) is 15.2. The van der Waals surface area contributed by atoms with Crippen molar-refractivity contribution >= 4 is 21.9 Å². The SMILES string of the molecule is CN=C(NCc1ccc(Br)c(F)c1)NCc1ncnn1C. The summed E-state index contributed by atoms with van der Waals surface area (Å²) in [5.41, 5.74) is 0.831. The van der Waals surface area contributed by atoms with Gasteiger partial charge in [0.25, 0.3) is 0 Å². The minimum absolute atomic E-state index is 0.281. The standard InChI is InChI=1S/C13H16BrFN6/c1-16-13(18-7-12-19-8-20-21(12)2)17-6-9-3-4-10(14)11(15)5-9/h3-5,8H,6-7H2,1-2H3,(H2,16,17,18). The first-order valence-corrected chi connectivity index (χ1v) is 7.10. The van der Waals surface area contributed by atoms with Crippen LogP contribution in [0.4, 0.5) is 4.39 Å². The summed E-state index contributed by atoms with van der Waals surface area (Å²) in [4.78, 5) is 8.22. The third kappa shape index (κ3) is 4.25. The Bertz CT molecular complexity index is 639. The zero-order valence-corrected chi connectivity index (χ0v) is 13.4. The number of rotatable bonds is 4. The summed E-state index contributed by atoms with van der Waals surface area (Å²) in [5, 5.41) is 10.2. The maximum Gasteiger partial charge on any atom is 0.191 e. The van der Waals surface area contributed by atoms with E-state index in [-0.39, 0.29) is 5.82 Å². The van der Waals surface area contributed by atoms with Crippen LogP contribution in [0.25, 0.3) is 0 Å². The topological polar surface area (TPSA) is 67.1 Å². The monoisotopic (exact) mass is 354 g/mol. The van der Waals surface area contributed by atoms with Gasteiger partial charge >= 0.3 is 0 Å². The molecule has 0 radical (unpaired) electrons. The Morgan fingerprint density at radius 2 is 2.14 bits per heavy atom. The molecule has 0 aliphatic heterocycles. The van der Waals surface area contributed by atoms with Crippen molar-refractivity contribution in [2.75, 3.05) is 7.05 Å². The maximum absolute atomic E-state index is 13.4. The van der Waals surface area contributed by atoms with E-state index in [0.717, 1.165) is 11.4 Å². The maximum atomic E-state index is 13.4. The number of nitrogens with zero attached hydrogens (tertiary/aromatic N) is 4. The van der Waals surface area contributed by atoms with Crippen LogP contribution in [0.5, 0.6) is 0 Å². The van der Waals surface area contributed by atoms with E-state index in [9.17, 15) is 4.39 Å². The van der Waals surface area contributed by atoms with Crippen molar-refractivity contribution in [3.63, 3.8) is 0 Å². The second-order valence-corrected chi connectivity index (χ2v) is 5.18. The summed E-state index contributed by atoms with van der Waals surface area (Å²) in [7, 11) is 3.50. The first-order chi connectivity index (χ1) is 10.1. The second-order valence-electron chi connectivity index (χ2n) is 4.33. The largest absolute Gasteiger partial charge is 0.352 e. The molecule has 6 nitrogen and oxygen atoms in total. The molecule has 0 bridgehead atoms. The summed E-state index contributed by atoms with van der Waals surface area (Å²) in [6, 6.07) is 5.01. The number of aromatic nitrogens is 3. The lowest BCUT2D eigenvalue weighted by atomic mass is 10.2. The number of hydrogen-bond donors (Lipinski definition) is 2.